The number of benzene rings is 2. The number of aryl methyl sites for hydroxylation is 1. The van der Waals surface area contributed by atoms with Crippen molar-refractivity contribution in [2.75, 3.05) is 38.1 Å². The Labute approximate surface area is 199 Å². The maximum atomic E-state index is 10.1. The average Bonchev–Trinajstić information content (AvgIpc) is 3.25. The van der Waals surface area contributed by atoms with Gasteiger partial charge in [0.05, 0.1) is 18.4 Å². The van der Waals surface area contributed by atoms with Gasteiger partial charge in [0.2, 0.25) is 5.89 Å². The van der Waals surface area contributed by atoms with Crippen molar-refractivity contribution in [1.29, 1.82) is 0 Å². The van der Waals surface area contributed by atoms with Gasteiger partial charge in [0.1, 0.15) is 5.75 Å². The van der Waals surface area contributed by atoms with E-state index in [-0.39, 0.29) is 24.0 Å². The van der Waals surface area contributed by atoms with Gasteiger partial charge in [0.25, 0.3) is 0 Å². The Morgan fingerprint density at radius 1 is 1.10 bits per heavy atom. The predicted octanol–water partition coefficient (Wildman–Crippen LogP) is 3.87. The molecule has 1 saturated heterocycles. The number of nitrogens with one attached hydrogen (secondary N) is 1. The van der Waals surface area contributed by atoms with Gasteiger partial charge >= 0.3 is 0 Å². The van der Waals surface area contributed by atoms with Crippen molar-refractivity contribution in [2.24, 2.45) is 4.99 Å². The van der Waals surface area contributed by atoms with E-state index in [1.54, 1.807) is 19.3 Å². The van der Waals surface area contributed by atoms with Gasteiger partial charge < -0.3 is 24.6 Å². The smallest absolute Gasteiger partial charge is 0.214 e. The quantitative estimate of drug-likeness (QED) is 0.301. The predicted molar refractivity (Wildman–Crippen MR) is 134 cm³/mol. The van der Waals surface area contributed by atoms with E-state index >= 15 is 0 Å². The molecule has 1 aliphatic rings. The maximum absolute atomic E-state index is 10.1. The first-order valence-electron chi connectivity index (χ1n) is 10.1. The Balaban J connectivity index is 0.00000272. The third kappa shape index (κ3) is 5.49. The van der Waals surface area contributed by atoms with Crippen LogP contribution in [0.2, 0.25) is 0 Å². The average molecular weight is 533 g/mol. The highest BCUT2D eigenvalue weighted by Gasteiger charge is 2.21. The van der Waals surface area contributed by atoms with E-state index in [2.05, 4.69) is 44.1 Å². The number of aromatic hydroxyl groups is 1. The molecule has 0 amide bonds. The maximum Gasteiger partial charge on any atom is 0.214 e. The second-order valence-electron chi connectivity index (χ2n) is 7.35. The molecule has 8 heteroatoms. The van der Waals surface area contributed by atoms with Gasteiger partial charge in [-0.15, -0.1) is 24.0 Å². The first kappa shape index (κ1) is 22.9. The molecular formula is C23H28IN5O2. The minimum Gasteiger partial charge on any atom is -0.506 e. The molecule has 0 unspecified atom stereocenters. The molecule has 4 rings (SSSR count). The molecule has 1 aliphatic heterocycles. The molecular weight excluding hydrogens is 505 g/mol. The molecule has 0 saturated carbocycles. The normalized spacial score (nSPS) is 14.3. The lowest BCUT2D eigenvalue weighted by atomic mass is 10.1. The first-order valence-corrected chi connectivity index (χ1v) is 10.1. The van der Waals surface area contributed by atoms with Gasteiger partial charge in [-0.25, -0.2) is 4.98 Å². The lowest BCUT2D eigenvalue weighted by Gasteiger charge is -2.37. The van der Waals surface area contributed by atoms with Crippen molar-refractivity contribution in [3.8, 4) is 17.1 Å². The van der Waals surface area contributed by atoms with Gasteiger partial charge in [-0.1, -0.05) is 42.0 Å². The van der Waals surface area contributed by atoms with E-state index in [9.17, 15) is 5.11 Å². The zero-order chi connectivity index (χ0) is 20.9. The minimum atomic E-state index is 0. The molecule has 31 heavy (non-hydrogen) atoms. The fourth-order valence-electron chi connectivity index (χ4n) is 3.62. The van der Waals surface area contributed by atoms with Crippen LogP contribution < -0.4 is 10.2 Å². The highest BCUT2D eigenvalue weighted by atomic mass is 127. The molecule has 2 aromatic carbocycles. The van der Waals surface area contributed by atoms with Crippen LogP contribution in [0.25, 0.3) is 11.3 Å². The highest BCUT2D eigenvalue weighted by molar-refractivity contribution is 14.0. The second-order valence-corrected chi connectivity index (χ2v) is 7.35. The molecule has 0 spiro atoms. The Kier molecular flexibility index (Phi) is 7.78. The third-order valence-corrected chi connectivity index (χ3v) is 5.30. The van der Waals surface area contributed by atoms with Crippen molar-refractivity contribution in [2.45, 2.75) is 13.5 Å². The number of aromatic nitrogens is 1. The summed E-state index contributed by atoms with van der Waals surface area (Å²) in [5, 5.41) is 13.4. The first-order chi connectivity index (χ1) is 14.6. The van der Waals surface area contributed by atoms with E-state index in [1.165, 1.54) is 5.56 Å². The van der Waals surface area contributed by atoms with Crippen molar-refractivity contribution in [3.63, 3.8) is 0 Å². The number of hydrogen-bond donors (Lipinski definition) is 2. The number of aliphatic imine (C=N–C) groups is 1. The van der Waals surface area contributed by atoms with Crippen molar-refractivity contribution in [3.05, 3.63) is 66.2 Å². The van der Waals surface area contributed by atoms with Crippen molar-refractivity contribution in [1.82, 2.24) is 15.2 Å². The summed E-state index contributed by atoms with van der Waals surface area (Å²) in [6, 6.07) is 15.7. The summed E-state index contributed by atoms with van der Waals surface area (Å²) in [4.78, 5) is 13.2. The zero-order valence-electron chi connectivity index (χ0n) is 17.8. The summed E-state index contributed by atoms with van der Waals surface area (Å²) >= 11 is 0. The number of oxazole rings is 1. The Bertz CT molecular complexity index is 1010. The largest absolute Gasteiger partial charge is 0.506 e. The van der Waals surface area contributed by atoms with Crippen LogP contribution in [0.4, 0.5) is 5.69 Å². The fourth-order valence-corrected chi connectivity index (χ4v) is 3.62. The van der Waals surface area contributed by atoms with Gasteiger partial charge in [-0.05, 0) is 19.1 Å². The summed E-state index contributed by atoms with van der Waals surface area (Å²) in [6.07, 6.45) is 1.76. The summed E-state index contributed by atoms with van der Waals surface area (Å²) < 4.78 is 5.90. The van der Waals surface area contributed by atoms with E-state index in [1.807, 2.05) is 30.3 Å². The van der Waals surface area contributed by atoms with E-state index < -0.39 is 0 Å². The van der Waals surface area contributed by atoms with Crippen molar-refractivity contribution >= 4 is 35.6 Å². The van der Waals surface area contributed by atoms with Crippen LogP contribution in [0.5, 0.6) is 5.75 Å². The fraction of sp³-hybridized carbons (Fsp3) is 0.304. The summed E-state index contributed by atoms with van der Waals surface area (Å²) in [6.45, 7) is 5.79. The Morgan fingerprint density at radius 3 is 2.48 bits per heavy atom. The van der Waals surface area contributed by atoms with Crippen LogP contribution >= 0.6 is 24.0 Å². The van der Waals surface area contributed by atoms with Gasteiger partial charge in [0, 0.05) is 38.8 Å². The molecule has 0 bridgehead atoms. The summed E-state index contributed by atoms with van der Waals surface area (Å²) in [5.41, 5.74) is 3.11. The molecule has 0 atom stereocenters. The van der Waals surface area contributed by atoms with Gasteiger partial charge in [-0.2, -0.15) is 0 Å². The highest BCUT2D eigenvalue weighted by Crippen LogP contribution is 2.27. The Hall–Kier alpha value is -2.75. The zero-order valence-corrected chi connectivity index (χ0v) is 20.1. The lowest BCUT2D eigenvalue weighted by molar-refractivity contribution is 0.366. The number of guanidine groups is 1. The number of rotatable bonds is 4. The van der Waals surface area contributed by atoms with Crippen LogP contribution in [0, 0.1) is 6.92 Å². The molecule has 7 nitrogen and oxygen atoms in total. The minimum absolute atomic E-state index is 0. The van der Waals surface area contributed by atoms with Crippen molar-refractivity contribution < 1.29 is 9.52 Å². The standard InChI is InChI=1S/C23H27N5O2.HI/c1-17-7-9-18(10-8-17)21-15-25-22(30-21)16-26-23(24-2)28-13-11-27(12-14-28)19-5-3-4-6-20(19)29;/h3-10,15,29H,11-14,16H2,1-2H3,(H,24,26);1H. The summed E-state index contributed by atoms with van der Waals surface area (Å²) in [7, 11) is 1.78. The number of phenolic OH excluding ortho intramolecular Hbond substituents is 1. The van der Waals surface area contributed by atoms with E-state index in [0.29, 0.717) is 18.2 Å². The monoisotopic (exact) mass is 533 g/mol. The summed E-state index contributed by atoms with van der Waals surface area (Å²) in [5.74, 6) is 2.53. The van der Waals surface area contributed by atoms with Gasteiger partial charge in [-0.3, -0.25) is 4.99 Å². The number of para-hydroxylation sites is 2. The Morgan fingerprint density at radius 2 is 1.81 bits per heavy atom. The SMILES string of the molecule is CN=C(NCc1ncc(-c2ccc(C)cc2)o1)N1CCN(c2ccccc2O)CC1.I. The number of phenols is 1. The van der Waals surface area contributed by atoms with Crippen LogP contribution in [0.15, 0.2) is 64.1 Å². The molecule has 164 valence electrons. The molecule has 3 aromatic rings. The number of anilines is 1. The number of hydrogen-bond acceptors (Lipinski definition) is 5. The van der Waals surface area contributed by atoms with Crippen LogP contribution in [-0.2, 0) is 6.54 Å². The van der Waals surface area contributed by atoms with E-state index in [4.69, 9.17) is 4.42 Å². The van der Waals surface area contributed by atoms with E-state index in [0.717, 1.165) is 49.1 Å². The molecule has 2 N–H and O–H groups in total. The van der Waals surface area contributed by atoms with Crippen LogP contribution in [-0.4, -0.2) is 54.2 Å². The second kappa shape index (κ2) is 10.5. The third-order valence-electron chi connectivity index (χ3n) is 5.30. The van der Waals surface area contributed by atoms with Crippen LogP contribution in [0.1, 0.15) is 11.5 Å². The molecule has 1 fully saturated rings. The topological polar surface area (TPSA) is 77.1 Å². The molecule has 1 aromatic heterocycles. The van der Waals surface area contributed by atoms with Gasteiger partial charge in [0.15, 0.2) is 11.7 Å². The lowest BCUT2D eigenvalue weighted by Crippen LogP contribution is -2.52. The number of nitrogens with zero attached hydrogens (tertiary/aromatic N) is 4. The number of piperazine rings is 1. The molecule has 0 radical (unpaired) electrons. The number of halogens is 1. The van der Waals surface area contributed by atoms with Crippen LogP contribution in [0.3, 0.4) is 0 Å². The molecule has 2 heterocycles. The molecule has 0 aliphatic carbocycles.